The molecule has 0 aromatic heterocycles. The topological polar surface area (TPSA) is 108 Å². The molecule has 0 saturated carbocycles. The molecule has 2 saturated heterocycles. The summed E-state index contributed by atoms with van der Waals surface area (Å²) in [5.41, 5.74) is -1.65. The highest BCUT2D eigenvalue weighted by Gasteiger charge is 2.38. The molecule has 0 bridgehead atoms. The van der Waals surface area contributed by atoms with E-state index in [-0.39, 0.29) is 56.1 Å². The van der Waals surface area contributed by atoms with E-state index in [1.807, 2.05) is 0 Å². The highest BCUT2D eigenvalue weighted by atomic mass is 19.1. The van der Waals surface area contributed by atoms with Crippen LogP contribution in [-0.4, -0.2) is 91.4 Å². The monoisotopic (exact) mass is 880 g/mol. The number of ether oxygens (including phenoxy) is 8. The van der Waals surface area contributed by atoms with Gasteiger partial charge in [0.15, 0.2) is 0 Å². The van der Waals surface area contributed by atoms with Gasteiger partial charge in [0.2, 0.25) is 0 Å². The third-order valence-corrected chi connectivity index (χ3v) is 11.9. The molecule has 4 aromatic carbocycles. The molecule has 0 radical (unpaired) electrons. The minimum Gasteiger partial charge on any atom is -0.493 e. The van der Waals surface area contributed by atoms with E-state index in [0.29, 0.717) is 52.5 Å². The molecule has 0 atom stereocenters. The van der Waals surface area contributed by atoms with E-state index in [4.69, 9.17) is 37.9 Å². The van der Waals surface area contributed by atoms with Crippen molar-refractivity contribution in [2.24, 2.45) is 10.8 Å². The molecule has 2 aliphatic rings. The summed E-state index contributed by atoms with van der Waals surface area (Å²) < 4.78 is 104. The number of carbonyl (C=O) groups is 2. The first-order valence-corrected chi connectivity index (χ1v) is 21.5. The van der Waals surface area contributed by atoms with Gasteiger partial charge < -0.3 is 37.9 Å². The van der Waals surface area contributed by atoms with Gasteiger partial charge in [0.1, 0.15) is 48.0 Å². The van der Waals surface area contributed by atoms with Crippen LogP contribution in [-0.2, 0) is 24.4 Å². The van der Waals surface area contributed by atoms with E-state index >= 15 is 0 Å². The zero-order valence-corrected chi connectivity index (χ0v) is 35.9. The average Bonchev–Trinajstić information content (AvgIpc) is 3.26. The van der Waals surface area contributed by atoms with Crippen molar-refractivity contribution >= 4 is 11.9 Å². The van der Waals surface area contributed by atoms with Gasteiger partial charge in [-0.2, -0.15) is 0 Å². The van der Waals surface area contributed by atoms with Crippen molar-refractivity contribution in [3.63, 3.8) is 0 Å². The van der Waals surface area contributed by atoms with Gasteiger partial charge >= 0.3 is 11.9 Å². The predicted octanol–water partition coefficient (Wildman–Crippen LogP) is 9.83. The summed E-state index contributed by atoms with van der Waals surface area (Å²) in [6, 6.07) is 18.8. The Labute approximate surface area is 366 Å². The number of rotatable bonds is 26. The van der Waals surface area contributed by atoms with E-state index in [1.54, 1.807) is 0 Å². The van der Waals surface area contributed by atoms with Crippen LogP contribution in [0.1, 0.15) is 84.2 Å². The minimum absolute atomic E-state index is 0.0299. The predicted molar refractivity (Wildman–Crippen MR) is 227 cm³/mol. The van der Waals surface area contributed by atoms with Gasteiger partial charge in [-0.05, 0) is 98.2 Å². The second-order valence-corrected chi connectivity index (χ2v) is 16.4. The lowest BCUT2D eigenvalue weighted by Crippen LogP contribution is -2.45. The molecule has 0 amide bonds. The molecule has 2 heterocycles. The summed E-state index contributed by atoms with van der Waals surface area (Å²) in [5.74, 6) is -3.00. The van der Waals surface area contributed by atoms with Gasteiger partial charge in [0.25, 0.3) is 0 Å². The standard InChI is InChI=1S/C49H56F4O10/c1-3-47(31-58-32-47)29-56-21-5-7-23-60-39-17-19-41(43(52)25-39)45(54)62-37-13-9-35(10-14-37)49(27-50,28-51)36-11-15-38(16-12-36)63-46(55)42-20-18-40(26-44(42)53)61-24-8-6-22-57-30-48(4-2)33-59-34-48/h9-20,25-26H,3-8,21-24,27-34H2,1-2H3. The number of alkyl halides is 2. The first-order valence-electron chi connectivity index (χ1n) is 21.5. The third kappa shape index (κ3) is 12.2. The molecule has 4 aromatic rings. The molecule has 2 fully saturated rings. The summed E-state index contributed by atoms with van der Waals surface area (Å²) in [7, 11) is 0. The fourth-order valence-corrected chi connectivity index (χ4v) is 7.15. The van der Waals surface area contributed by atoms with Gasteiger partial charge in [-0.1, -0.05) is 38.1 Å². The maximum Gasteiger partial charge on any atom is 0.346 e. The van der Waals surface area contributed by atoms with E-state index in [2.05, 4.69) is 13.8 Å². The van der Waals surface area contributed by atoms with Crippen LogP contribution in [0.4, 0.5) is 17.6 Å². The Hall–Kier alpha value is -5.02. The van der Waals surface area contributed by atoms with Crippen LogP contribution in [0.15, 0.2) is 84.9 Å². The molecule has 0 N–H and O–H groups in total. The molecule has 0 spiro atoms. The van der Waals surface area contributed by atoms with Crippen LogP contribution in [0.5, 0.6) is 23.0 Å². The Bertz CT molecular complexity index is 1930. The number of benzene rings is 4. The highest BCUT2D eigenvalue weighted by Crippen LogP contribution is 2.37. The summed E-state index contributed by atoms with van der Waals surface area (Å²) >= 11 is 0. The summed E-state index contributed by atoms with van der Waals surface area (Å²) in [5, 5.41) is 0. The van der Waals surface area contributed by atoms with E-state index in [0.717, 1.165) is 64.2 Å². The normalized spacial score (nSPS) is 15.2. The van der Waals surface area contributed by atoms with Crippen LogP contribution in [0, 0.1) is 22.5 Å². The molecule has 340 valence electrons. The molecule has 10 nitrogen and oxygen atoms in total. The number of hydrogen-bond donors (Lipinski definition) is 0. The largest absolute Gasteiger partial charge is 0.493 e. The number of esters is 2. The Balaban J connectivity index is 0.949. The molecule has 2 aliphatic heterocycles. The van der Waals surface area contributed by atoms with E-state index < -0.39 is 42.3 Å². The Kier molecular flexibility index (Phi) is 17.0. The van der Waals surface area contributed by atoms with Crippen LogP contribution in [0.3, 0.4) is 0 Å². The average molecular weight is 881 g/mol. The zero-order chi connectivity index (χ0) is 44.7. The lowest BCUT2D eigenvalue weighted by molar-refractivity contribution is -0.150. The maximum absolute atomic E-state index is 14.9. The smallest absolute Gasteiger partial charge is 0.346 e. The molecule has 0 unspecified atom stereocenters. The fourth-order valence-electron chi connectivity index (χ4n) is 7.15. The Morgan fingerprint density at radius 2 is 0.921 bits per heavy atom. The molecular weight excluding hydrogens is 825 g/mol. The van der Waals surface area contributed by atoms with Crippen LogP contribution < -0.4 is 18.9 Å². The van der Waals surface area contributed by atoms with Crippen molar-refractivity contribution in [1.29, 1.82) is 0 Å². The van der Waals surface area contributed by atoms with Gasteiger partial charge in [-0.3, -0.25) is 0 Å². The van der Waals surface area contributed by atoms with E-state index in [9.17, 15) is 27.2 Å². The first-order chi connectivity index (χ1) is 30.6. The summed E-state index contributed by atoms with van der Waals surface area (Å²) in [6.07, 6.45) is 4.98. The Morgan fingerprint density at radius 3 is 1.24 bits per heavy atom. The maximum atomic E-state index is 14.9. The number of unbranched alkanes of at least 4 members (excludes halogenated alkanes) is 2. The highest BCUT2D eigenvalue weighted by molar-refractivity contribution is 5.92. The van der Waals surface area contributed by atoms with Crippen molar-refractivity contribution < 1.29 is 65.0 Å². The lowest BCUT2D eigenvalue weighted by Gasteiger charge is -2.40. The molecule has 14 heteroatoms. The minimum atomic E-state index is -1.75. The van der Waals surface area contributed by atoms with Crippen molar-refractivity contribution in [2.75, 3.05) is 79.4 Å². The second kappa shape index (κ2) is 22.6. The first kappa shape index (κ1) is 47.5. The van der Waals surface area contributed by atoms with Gasteiger partial charge in [0, 0.05) is 36.2 Å². The van der Waals surface area contributed by atoms with Crippen molar-refractivity contribution in [3.05, 3.63) is 119 Å². The molecule has 6 rings (SSSR count). The number of carbonyl (C=O) groups excluding carboxylic acids is 2. The Morgan fingerprint density at radius 1 is 0.556 bits per heavy atom. The summed E-state index contributed by atoms with van der Waals surface area (Å²) in [6.45, 7) is 8.11. The second-order valence-electron chi connectivity index (χ2n) is 16.4. The molecular formula is C49H56F4O10. The van der Waals surface area contributed by atoms with Gasteiger partial charge in [-0.15, -0.1) is 0 Å². The van der Waals surface area contributed by atoms with Crippen molar-refractivity contribution in [2.45, 2.75) is 57.8 Å². The lowest BCUT2D eigenvalue weighted by atomic mass is 9.76. The summed E-state index contributed by atoms with van der Waals surface area (Å²) in [4.78, 5) is 25.7. The quantitative estimate of drug-likeness (QED) is 0.0262. The molecule has 0 aliphatic carbocycles. The van der Waals surface area contributed by atoms with Gasteiger partial charge in [-0.25, -0.2) is 27.2 Å². The zero-order valence-electron chi connectivity index (χ0n) is 35.9. The van der Waals surface area contributed by atoms with Gasteiger partial charge in [0.05, 0.1) is 69.4 Å². The number of halogens is 4. The fraction of sp³-hybridized carbons (Fsp3) is 0.469. The number of hydrogen-bond acceptors (Lipinski definition) is 10. The van der Waals surface area contributed by atoms with Crippen molar-refractivity contribution in [1.82, 2.24) is 0 Å². The van der Waals surface area contributed by atoms with Crippen molar-refractivity contribution in [3.8, 4) is 23.0 Å². The van der Waals surface area contributed by atoms with Crippen LogP contribution in [0.2, 0.25) is 0 Å². The van der Waals surface area contributed by atoms with Crippen LogP contribution >= 0.6 is 0 Å². The van der Waals surface area contributed by atoms with Crippen LogP contribution in [0.25, 0.3) is 0 Å². The SMILES string of the molecule is CCC1(COCCCCOc2ccc(C(=O)Oc3ccc(C(CF)(CF)c4ccc(OC(=O)c5ccc(OCCCCOCC6(CC)COC6)cc5F)cc4)cc3)c(F)c2)COC1. The van der Waals surface area contributed by atoms with E-state index in [1.165, 1.54) is 72.8 Å². The third-order valence-electron chi connectivity index (χ3n) is 11.9. The molecule has 63 heavy (non-hydrogen) atoms.